The summed E-state index contributed by atoms with van der Waals surface area (Å²) in [6.45, 7) is 0.237. The van der Waals surface area contributed by atoms with Crippen molar-refractivity contribution < 1.29 is 18.3 Å². The second-order valence-corrected chi connectivity index (χ2v) is 11.1. The molecule has 1 saturated carbocycles. The zero-order valence-electron chi connectivity index (χ0n) is 21.6. The highest BCUT2D eigenvalue weighted by Gasteiger charge is 2.33. The van der Waals surface area contributed by atoms with Gasteiger partial charge in [-0.05, 0) is 80.3 Å². The number of methoxy groups -OCH3 is 1. The number of aromatic nitrogens is 1. The van der Waals surface area contributed by atoms with E-state index < -0.39 is 11.6 Å². The molecule has 10 heteroatoms. The number of nitrogens with zero attached hydrogens (tertiary/aromatic N) is 2. The molecule has 1 aliphatic rings. The molecule has 0 unspecified atom stereocenters. The molecule has 5 rings (SSSR count). The Morgan fingerprint density at radius 2 is 1.85 bits per heavy atom. The number of carbonyl (C=O) groups is 1. The number of carbonyl (C=O) groups excluding carboxylic acids is 1. The van der Waals surface area contributed by atoms with Crippen molar-refractivity contribution in [2.24, 2.45) is 0 Å². The predicted octanol–water partition coefficient (Wildman–Crippen LogP) is 6.66. The molecule has 0 bridgehead atoms. The van der Waals surface area contributed by atoms with Gasteiger partial charge in [-0.2, -0.15) is 0 Å². The molecule has 3 N–H and O–H groups in total. The minimum absolute atomic E-state index is 0.0389. The number of anilines is 1. The number of nitrogens with one attached hydrogen (secondary N) is 1. The summed E-state index contributed by atoms with van der Waals surface area (Å²) >= 11 is 7.43. The molecule has 2 heterocycles. The summed E-state index contributed by atoms with van der Waals surface area (Å²) in [5.41, 5.74) is 8.48. The summed E-state index contributed by atoms with van der Waals surface area (Å²) < 4.78 is 34.9. The van der Waals surface area contributed by atoms with Crippen LogP contribution in [0, 0.1) is 11.6 Å². The highest BCUT2D eigenvalue weighted by Crippen LogP contribution is 2.40. The Labute approximate surface area is 234 Å². The second-order valence-electron chi connectivity index (χ2n) is 9.70. The Hall–Kier alpha value is -3.27. The summed E-state index contributed by atoms with van der Waals surface area (Å²) in [6, 6.07) is 11.8. The monoisotopic (exact) mass is 570 g/mol. The Balaban J connectivity index is 1.56. The third-order valence-electron chi connectivity index (χ3n) is 7.42. The van der Waals surface area contributed by atoms with Crippen LogP contribution in [0.15, 0.2) is 48.7 Å². The van der Waals surface area contributed by atoms with Gasteiger partial charge in [0.25, 0.3) is 5.91 Å². The van der Waals surface area contributed by atoms with E-state index in [2.05, 4.69) is 10.3 Å². The van der Waals surface area contributed by atoms with Crippen molar-refractivity contribution in [1.82, 2.24) is 15.2 Å². The van der Waals surface area contributed by atoms with Gasteiger partial charge in [-0.1, -0.05) is 17.7 Å². The summed E-state index contributed by atoms with van der Waals surface area (Å²) in [6.07, 6.45) is 5.02. The van der Waals surface area contributed by atoms with Crippen molar-refractivity contribution in [2.75, 3.05) is 19.9 Å². The highest BCUT2D eigenvalue weighted by atomic mass is 35.5. The van der Waals surface area contributed by atoms with E-state index in [4.69, 9.17) is 22.1 Å². The van der Waals surface area contributed by atoms with E-state index in [9.17, 15) is 13.6 Å². The van der Waals surface area contributed by atoms with Crippen LogP contribution in [0.2, 0.25) is 5.02 Å². The van der Waals surface area contributed by atoms with E-state index in [1.807, 2.05) is 31.3 Å². The van der Waals surface area contributed by atoms with Gasteiger partial charge in [-0.25, -0.2) is 13.8 Å². The van der Waals surface area contributed by atoms with Crippen LogP contribution >= 0.6 is 22.9 Å². The van der Waals surface area contributed by atoms with Crippen molar-refractivity contribution in [3.63, 3.8) is 0 Å². The van der Waals surface area contributed by atoms with Gasteiger partial charge < -0.3 is 20.7 Å². The summed E-state index contributed by atoms with van der Waals surface area (Å²) in [5, 5.41) is 3.21. The van der Waals surface area contributed by atoms with E-state index in [0.29, 0.717) is 17.6 Å². The van der Waals surface area contributed by atoms with Gasteiger partial charge in [-0.3, -0.25) is 4.79 Å². The van der Waals surface area contributed by atoms with E-state index in [-0.39, 0.29) is 38.5 Å². The average molecular weight is 571 g/mol. The topological polar surface area (TPSA) is 80.5 Å². The van der Waals surface area contributed by atoms with Crippen molar-refractivity contribution in [2.45, 2.75) is 44.3 Å². The highest BCUT2D eigenvalue weighted by molar-refractivity contribution is 7.21. The number of amides is 1. The van der Waals surface area contributed by atoms with Crippen LogP contribution in [0.5, 0.6) is 5.75 Å². The van der Waals surface area contributed by atoms with E-state index in [0.717, 1.165) is 65.8 Å². The van der Waals surface area contributed by atoms with Crippen LogP contribution in [-0.4, -0.2) is 42.0 Å². The van der Waals surface area contributed by atoms with Crippen molar-refractivity contribution in [3.05, 3.63) is 75.8 Å². The first-order chi connectivity index (χ1) is 18.8. The number of rotatable bonds is 7. The first-order valence-corrected chi connectivity index (χ1v) is 13.9. The molecule has 0 radical (unpaired) electrons. The molecule has 1 fully saturated rings. The van der Waals surface area contributed by atoms with Crippen LogP contribution in [0.3, 0.4) is 0 Å². The van der Waals surface area contributed by atoms with Gasteiger partial charge in [0.15, 0.2) is 0 Å². The fourth-order valence-electron chi connectivity index (χ4n) is 5.30. The standard InChI is InChI=1S/C29H29ClF2N4O2S/c1-34-19-4-6-20(7-5-19)36(29(37)28-26(30)25-21(31)8-9-22(32)27(25)39-28)15-18-13-16(3-10-23(18)38-2)17-11-12-35-24(33)14-17/h3,8-14,19-20,34H,4-7,15H2,1-2H3,(H2,33,35)/t19-,20+. The fourth-order valence-corrected chi connectivity index (χ4v) is 6.81. The molecule has 2 aromatic carbocycles. The molecular weight excluding hydrogens is 542 g/mol. The lowest BCUT2D eigenvalue weighted by atomic mass is 9.89. The van der Waals surface area contributed by atoms with Gasteiger partial charge >= 0.3 is 0 Å². The molecule has 204 valence electrons. The first kappa shape index (κ1) is 27.3. The van der Waals surface area contributed by atoms with Gasteiger partial charge in [0.2, 0.25) is 0 Å². The van der Waals surface area contributed by atoms with E-state index in [1.165, 1.54) is 0 Å². The maximum atomic E-state index is 14.6. The number of benzene rings is 2. The van der Waals surface area contributed by atoms with Gasteiger partial charge in [0.05, 0.1) is 22.2 Å². The number of hydrogen-bond acceptors (Lipinski definition) is 6. The molecule has 6 nitrogen and oxygen atoms in total. The number of thiophene rings is 1. The van der Waals surface area contributed by atoms with Gasteiger partial charge in [-0.15, -0.1) is 11.3 Å². The average Bonchev–Trinajstić information content (AvgIpc) is 3.31. The minimum atomic E-state index is -0.654. The van der Waals surface area contributed by atoms with Crippen molar-refractivity contribution in [1.29, 1.82) is 0 Å². The molecule has 4 aromatic rings. The Kier molecular flexibility index (Phi) is 8.02. The molecule has 2 aromatic heterocycles. The zero-order chi connectivity index (χ0) is 27.7. The largest absolute Gasteiger partial charge is 0.496 e. The lowest BCUT2D eigenvalue weighted by Crippen LogP contribution is -2.44. The number of fused-ring (bicyclic) bond motifs is 1. The van der Waals surface area contributed by atoms with Crippen LogP contribution in [0.4, 0.5) is 14.6 Å². The number of nitrogen functional groups attached to an aromatic ring is 1. The molecule has 0 saturated heterocycles. The second kappa shape index (κ2) is 11.5. The summed E-state index contributed by atoms with van der Waals surface area (Å²) in [5.74, 6) is -0.583. The number of nitrogens with two attached hydrogens (primary N) is 1. The molecule has 39 heavy (non-hydrogen) atoms. The maximum Gasteiger partial charge on any atom is 0.266 e. The summed E-state index contributed by atoms with van der Waals surface area (Å²) in [4.78, 5) is 20.1. The van der Waals surface area contributed by atoms with Crippen molar-refractivity contribution >= 4 is 44.7 Å². The van der Waals surface area contributed by atoms with Crippen LogP contribution < -0.4 is 15.8 Å². The fraction of sp³-hybridized carbons (Fsp3) is 0.310. The molecule has 0 aliphatic heterocycles. The quantitative estimate of drug-likeness (QED) is 0.260. The third-order valence-corrected chi connectivity index (χ3v) is 9.09. The maximum absolute atomic E-state index is 14.6. The normalized spacial score (nSPS) is 17.4. The number of ether oxygens (including phenoxy) is 1. The van der Waals surface area contributed by atoms with Crippen LogP contribution in [0.1, 0.15) is 40.9 Å². The van der Waals surface area contributed by atoms with Gasteiger partial charge in [0, 0.05) is 30.4 Å². The van der Waals surface area contributed by atoms with Crippen LogP contribution in [-0.2, 0) is 6.54 Å². The molecule has 1 amide bonds. The number of halogens is 3. The SMILES string of the molecule is CN[C@H]1CC[C@@H](N(Cc2cc(-c3ccnc(N)c3)ccc2OC)C(=O)c2sc3c(F)ccc(F)c3c2Cl)CC1. The minimum Gasteiger partial charge on any atom is -0.496 e. The number of hydrogen-bond donors (Lipinski definition) is 2. The first-order valence-electron chi connectivity index (χ1n) is 12.7. The molecule has 0 atom stereocenters. The van der Waals surface area contributed by atoms with E-state index >= 15 is 0 Å². The molecule has 1 aliphatic carbocycles. The van der Waals surface area contributed by atoms with E-state index in [1.54, 1.807) is 24.3 Å². The Bertz CT molecular complexity index is 1520. The smallest absolute Gasteiger partial charge is 0.266 e. The lowest BCUT2D eigenvalue weighted by molar-refractivity contribution is 0.0604. The summed E-state index contributed by atoms with van der Waals surface area (Å²) in [7, 11) is 3.53. The lowest BCUT2D eigenvalue weighted by Gasteiger charge is -2.37. The predicted molar refractivity (Wildman–Crippen MR) is 152 cm³/mol. The molecule has 0 spiro atoms. The van der Waals surface area contributed by atoms with Crippen LogP contribution in [0.25, 0.3) is 21.2 Å². The molecular formula is C29H29ClF2N4O2S. The van der Waals surface area contributed by atoms with Gasteiger partial charge in [0.1, 0.15) is 28.1 Å². The Morgan fingerprint density at radius 3 is 2.51 bits per heavy atom. The zero-order valence-corrected chi connectivity index (χ0v) is 23.2. The number of pyridine rings is 1. The Morgan fingerprint density at radius 1 is 1.13 bits per heavy atom. The van der Waals surface area contributed by atoms with Crippen molar-refractivity contribution in [3.8, 4) is 16.9 Å². The third kappa shape index (κ3) is 5.44.